The Hall–Kier alpha value is -2.45. The van der Waals surface area contributed by atoms with Crippen LogP contribution < -0.4 is 10.2 Å². The van der Waals surface area contributed by atoms with Crippen LogP contribution in [0.4, 0.5) is 5.82 Å². The summed E-state index contributed by atoms with van der Waals surface area (Å²) in [7, 11) is 1.89. The number of rotatable bonds is 4. The summed E-state index contributed by atoms with van der Waals surface area (Å²) in [5.74, 6) is 1.33. The molecule has 0 bridgehead atoms. The van der Waals surface area contributed by atoms with Crippen LogP contribution in [0.5, 0.6) is 0 Å². The van der Waals surface area contributed by atoms with E-state index in [0.717, 1.165) is 66.2 Å². The van der Waals surface area contributed by atoms with Gasteiger partial charge in [0.05, 0.1) is 17.8 Å². The summed E-state index contributed by atoms with van der Waals surface area (Å²) in [6.07, 6.45) is 3.67. The monoisotopic (exact) mass is 468 g/mol. The summed E-state index contributed by atoms with van der Waals surface area (Å²) in [6, 6.07) is 10.1. The van der Waals surface area contributed by atoms with E-state index < -0.39 is 0 Å². The molecule has 0 aliphatic carbocycles. The fourth-order valence-electron chi connectivity index (χ4n) is 4.40. The molecule has 30 heavy (non-hydrogen) atoms. The Morgan fingerprint density at radius 2 is 1.97 bits per heavy atom. The van der Waals surface area contributed by atoms with Crippen molar-refractivity contribution in [2.24, 2.45) is 5.92 Å². The molecule has 0 saturated carbocycles. The van der Waals surface area contributed by atoms with E-state index in [4.69, 9.17) is 4.98 Å². The largest absolute Gasteiger partial charge is 0.354 e. The van der Waals surface area contributed by atoms with Gasteiger partial charge < -0.3 is 15.1 Å². The van der Waals surface area contributed by atoms with E-state index in [1.54, 1.807) is 6.20 Å². The molecule has 3 aromatic rings. The number of hydrogen-bond donors (Lipinski definition) is 1. The van der Waals surface area contributed by atoms with Crippen molar-refractivity contribution in [3.8, 4) is 0 Å². The second kappa shape index (κ2) is 8.00. The molecule has 1 aromatic carbocycles. The standard InChI is InChI=1S/C22H25BrN6O/c1-27(12-15-2-4-17(23)5-3-15)22(30)16-13-28(14-16)21-18-6-9-24-10-7-19(18)26-20-8-11-25-29(20)21/h2-5,8,11,16,24H,6-7,9-10,12-14H2,1H3. The summed E-state index contributed by atoms with van der Waals surface area (Å²) in [5.41, 5.74) is 4.44. The first kappa shape index (κ1) is 19.5. The van der Waals surface area contributed by atoms with Crippen molar-refractivity contribution >= 4 is 33.3 Å². The van der Waals surface area contributed by atoms with E-state index in [1.165, 1.54) is 5.56 Å². The third-order valence-electron chi connectivity index (χ3n) is 6.02. The maximum atomic E-state index is 13.0. The lowest BCUT2D eigenvalue weighted by Crippen LogP contribution is -2.54. The molecule has 1 amide bonds. The summed E-state index contributed by atoms with van der Waals surface area (Å²) in [6.45, 7) is 3.97. The minimum absolute atomic E-state index is 0.0174. The van der Waals surface area contributed by atoms with Crippen LogP contribution in [-0.4, -0.2) is 58.6 Å². The average Bonchev–Trinajstić information content (AvgIpc) is 3.04. The molecule has 0 unspecified atom stereocenters. The Bertz CT molecular complexity index is 1070. The molecule has 156 valence electrons. The van der Waals surface area contributed by atoms with Crippen LogP contribution in [0.25, 0.3) is 5.65 Å². The fraction of sp³-hybridized carbons (Fsp3) is 0.409. The van der Waals surface area contributed by atoms with Crippen molar-refractivity contribution in [3.63, 3.8) is 0 Å². The number of hydrogen-bond acceptors (Lipinski definition) is 5. The maximum Gasteiger partial charge on any atom is 0.229 e. The number of benzene rings is 1. The molecule has 0 radical (unpaired) electrons. The van der Waals surface area contributed by atoms with Gasteiger partial charge in [0, 0.05) is 55.8 Å². The molecule has 2 aliphatic rings. The number of aromatic nitrogens is 3. The van der Waals surface area contributed by atoms with Crippen molar-refractivity contribution in [1.82, 2.24) is 24.8 Å². The molecular weight excluding hydrogens is 444 g/mol. The van der Waals surface area contributed by atoms with Gasteiger partial charge >= 0.3 is 0 Å². The highest BCUT2D eigenvalue weighted by atomic mass is 79.9. The summed E-state index contributed by atoms with van der Waals surface area (Å²) in [5, 5.41) is 7.98. The van der Waals surface area contributed by atoms with E-state index in [2.05, 4.69) is 43.4 Å². The molecule has 5 rings (SSSR count). The van der Waals surface area contributed by atoms with Gasteiger partial charge in [-0.1, -0.05) is 28.1 Å². The molecule has 7 nitrogen and oxygen atoms in total. The molecule has 2 aliphatic heterocycles. The predicted octanol–water partition coefficient (Wildman–Crippen LogP) is 2.27. The average molecular weight is 469 g/mol. The predicted molar refractivity (Wildman–Crippen MR) is 120 cm³/mol. The van der Waals surface area contributed by atoms with Crippen molar-refractivity contribution in [3.05, 3.63) is 57.8 Å². The summed E-state index contributed by atoms with van der Waals surface area (Å²) in [4.78, 5) is 21.9. The van der Waals surface area contributed by atoms with Gasteiger partial charge in [0.1, 0.15) is 5.82 Å². The van der Waals surface area contributed by atoms with E-state index in [-0.39, 0.29) is 11.8 Å². The van der Waals surface area contributed by atoms with Crippen molar-refractivity contribution in [2.45, 2.75) is 19.4 Å². The van der Waals surface area contributed by atoms with Crippen LogP contribution in [-0.2, 0) is 24.2 Å². The van der Waals surface area contributed by atoms with Gasteiger partial charge in [-0.2, -0.15) is 9.61 Å². The molecule has 4 heterocycles. The number of fused-ring (bicyclic) bond motifs is 2. The molecule has 8 heteroatoms. The normalized spacial score (nSPS) is 16.8. The van der Waals surface area contributed by atoms with Crippen LogP contribution >= 0.6 is 15.9 Å². The van der Waals surface area contributed by atoms with Gasteiger partial charge in [-0.05, 0) is 30.7 Å². The lowest BCUT2D eigenvalue weighted by molar-refractivity contribution is -0.135. The van der Waals surface area contributed by atoms with Crippen LogP contribution in [0.15, 0.2) is 41.0 Å². The Morgan fingerprint density at radius 3 is 2.77 bits per heavy atom. The highest BCUT2D eigenvalue weighted by molar-refractivity contribution is 9.10. The second-order valence-electron chi connectivity index (χ2n) is 8.13. The van der Waals surface area contributed by atoms with Gasteiger partial charge in [0.25, 0.3) is 0 Å². The summed E-state index contributed by atoms with van der Waals surface area (Å²) >= 11 is 3.46. The maximum absolute atomic E-state index is 13.0. The lowest BCUT2D eigenvalue weighted by Gasteiger charge is -2.42. The zero-order valence-corrected chi connectivity index (χ0v) is 18.6. The number of halogens is 1. The zero-order valence-electron chi connectivity index (χ0n) is 17.0. The first-order chi connectivity index (χ1) is 14.6. The highest BCUT2D eigenvalue weighted by Gasteiger charge is 2.37. The quantitative estimate of drug-likeness (QED) is 0.636. The Balaban J connectivity index is 1.32. The van der Waals surface area contributed by atoms with Crippen molar-refractivity contribution < 1.29 is 4.79 Å². The molecule has 1 fully saturated rings. The number of amides is 1. The molecule has 2 aromatic heterocycles. The van der Waals surface area contributed by atoms with Gasteiger partial charge in [-0.25, -0.2) is 4.98 Å². The van der Waals surface area contributed by atoms with Crippen LogP contribution in [0.2, 0.25) is 0 Å². The third kappa shape index (κ3) is 3.58. The number of carbonyl (C=O) groups excluding carboxylic acids is 1. The second-order valence-corrected chi connectivity index (χ2v) is 9.05. The Kier molecular flexibility index (Phi) is 5.20. The smallest absolute Gasteiger partial charge is 0.229 e. The minimum Gasteiger partial charge on any atom is -0.354 e. The molecular formula is C22H25BrN6O. The number of nitrogens with zero attached hydrogens (tertiary/aromatic N) is 5. The molecule has 0 atom stereocenters. The van der Waals surface area contributed by atoms with Crippen LogP contribution in [0.1, 0.15) is 16.8 Å². The van der Waals surface area contributed by atoms with Crippen molar-refractivity contribution in [1.29, 1.82) is 0 Å². The van der Waals surface area contributed by atoms with Crippen LogP contribution in [0, 0.1) is 5.92 Å². The highest BCUT2D eigenvalue weighted by Crippen LogP contribution is 2.32. The first-order valence-electron chi connectivity index (χ1n) is 10.4. The van der Waals surface area contributed by atoms with E-state index >= 15 is 0 Å². The van der Waals surface area contributed by atoms with Gasteiger partial charge in [-0.15, -0.1) is 0 Å². The SMILES string of the molecule is CN(Cc1ccc(Br)cc1)C(=O)C1CN(c2c3c(nc4ccnn24)CCNCC3)C1. The number of carbonyl (C=O) groups is 1. The van der Waals surface area contributed by atoms with E-state index in [9.17, 15) is 4.79 Å². The summed E-state index contributed by atoms with van der Waals surface area (Å²) < 4.78 is 2.99. The number of anilines is 1. The minimum atomic E-state index is 0.0174. The lowest BCUT2D eigenvalue weighted by atomic mass is 9.96. The van der Waals surface area contributed by atoms with Crippen molar-refractivity contribution in [2.75, 3.05) is 38.1 Å². The number of nitrogens with one attached hydrogen (secondary N) is 1. The third-order valence-corrected chi connectivity index (χ3v) is 6.55. The first-order valence-corrected chi connectivity index (χ1v) is 11.2. The van der Waals surface area contributed by atoms with Crippen LogP contribution in [0.3, 0.4) is 0 Å². The van der Waals surface area contributed by atoms with E-state index in [0.29, 0.717) is 6.54 Å². The molecule has 0 spiro atoms. The zero-order chi connectivity index (χ0) is 20.7. The Labute approximate surface area is 184 Å². The van der Waals surface area contributed by atoms with Gasteiger partial charge in [-0.3, -0.25) is 4.79 Å². The van der Waals surface area contributed by atoms with E-state index in [1.807, 2.05) is 34.7 Å². The van der Waals surface area contributed by atoms with Gasteiger partial charge in [0.15, 0.2) is 5.65 Å². The topological polar surface area (TPSA) is 65.8 Å². The fourth-order valence-corrected chi connectivity index (χ4v) is 4.67. The molecule has 1 N–H and O–H groups in total. The molecule has 1 saturated heterocycles. The Morgan fingerprint density at radius 1 is 1.20 bits per heavy atom. The van der Waals surface area contributed by atoms with Gasteiger partial charge in [0.2, 0.25) is 5.91 Å².